The van der Waals surface area contributed by atoms with Gasteiger partial charge in [-0.1, -0.05) is 12.1 Å². The Balaban J connectivity index is 1.63. The van der Waals surface area contributed by atoms with Crippen LogP contribution in [0, 0.1) is 0 Å². The molecule has 6 N–H and O–H groups in total. The summed E-state index contributed by atoms with van der Waals surface area (Å²) in [6, 6.07) is 4.93. The number of hydrogen-bond donors (Lipinski definition) is 6. The molecule has 2 aliphatic rings. The van der Waals surface area contributed by atoms with Crippen LogP contribution < -0.4 is 10.1 Å². The number of aliphatic hydroxyl groups is 4. The van der Waals surface area contributed by atoms with Crippen molar-refractivity contribution in [2.24, 2.45) is 0 Å². The summed E-state index contributed by atoms with van der Waals surface area (Å²) < 4.78 is 16.1. The minimum atomic E-state index is -1.88. The number of carbonyl (C=O) groups is 4. The molecule has 1 aromatic rings. The molecule has 2 heterocycles. The average molecular weight is 539 g/mol. The predicted molar refractivity (Wildman–Crippen MR) is 125 cm³/mol. The lowest BCUT2D eigenvalue weighted by Crippen LogP contribution is -2.61. The Morgan fingerprint density at radius 1 is 1.11 bits per heavy atom. The second-order valence-electron chi connectivity index (χ2n) is 8.75. The minimum Gasteiger partial charge on any atom is -0.479 e. The summed E-state index contributed by atoms with van der Waals surface area (Å²) in [4.78, 5) is 47.4. The zero-order valence-electron chi connectivity index (χ0n) is 20.4. The SMILES string of the molecule is CC(O)OCc1ccc(CCCNC(=O)CN2C(=O)C=CC2=O)cc1OC1O[C@H](C(=O)O)[C@@H](O)[C@H](O)[C@H]1O. The van der Waals surface area contributed by atoms with Gasteiger partial charge in [-0.25, -0.2) is 4.79 Å². The number of nitrogens with zero attached hydrogens (tertiary/aromatic N) is 1. The topological polar surface area (TPSA) is 212 Å². The summed E-state index contributed by atoms with van der Waals surface area (Å²) in [6.45, 7) is 1.14. The second kappa shape index (κ2) is 12.9. The van der Waals surface area contributed by atoms with E-state index in [1.165, 1.54) is 6.92 Å². The van der Waals surface area contributed by atoms with Crippen LogP contribution in [0.1, 0.15) is 24.5 Å². The van der Waals surface area contributed by atoms with Gasteiger partial charge in [0.1, 0.15) is 30.6 Å². The maximum absolute atomic E-state index is 12.0. The Bertz CT molecular complexity index is 1060. The Morgan fingerprint density at radius 2 is 1.79 bits per heavy atom. The van der Waals surface area contributed by atoms with Crippen LogP contribution in [0.2, 0.25) is 0 Å². The molecule has 0 saturated carbocycles. The van der Waals surface area contributed by atoms with E-state index in [-0.39, 0.29) is 25.4 Å². The number of benzene rings is 1. The van der Waals surface area contributed by atoms with Gasteiger partial charge >= 0.3 is 5.97 Å². The number of aryl methyl sites for hydroxylation is 1. The number of nitrogens with one attached hydrogen (secondary N) is 1. The van der Waals surface area contributed by atoms with Crippen LogP contribution in [0.4, 0.5) is 0 Å². The summed E-state index contributed by atoms with van der Waals surface area (Å²) in [5, 5.41) is 51.6. The quantitative estimate of drug-likeness (QED) is 0.0949. The molecular formula is C24H30N2O12. The van der Waals surface area contributed by atoms with Crippen molar-refractivity contribution in [3.05, 3.63) is 41.5 Å². The molecule has 0 aliphatic carbocycles. The fourth-order valence-electron chi connectivity index (χ4n) is 3.78. The average Bonchev–Trinajstić information content (AvgIpc) is 3.18. The van der Waals surface area contributed by atoms with Crippen molar-refractivity contribution in [2.45, 2.75) is 63.4 Å². The number of hydrogen-bond acceptors (Lipinski definition) is 11. The van der Waals surface area contributed by atoms with Crippen molar-refractivity contribution in [2.75, 3.05) is 13.1 Å². The van der Waals surface area contributed by atoms with E-state index in [9.17, 15) is 44.7 Å². The fraction of sp³-hybridized carbons (Fsp3) is 0.500. The fourth-order valence-corrected chi connectivity index (χ4v) is 3.78. The van der Waals surface area contributed by atoms with Gasteiger partial charge in [-0.2, -0.15) is 0 Å². The summed E-state index contributed by atoms with van der Waals surface area (Å²) in [5.41, 5.74) is 1.13. The van der Waals surface area contributed by atoms with Gasteiger partial charge in [0.05, 0.1) is 6.61 Å². The van der Waals surface area contributed by atoms with Crippen molar-refractivity contribution in [3.8, 4) is 5.75 Å². The lowest BCUT2D eigenvalue weighted by atomic mass is 9.99. The molecule has 0 radical (unpaired) electrons. The zero-order chi connectivity index (χ0) is 28.0. The number of amides is 3. The number of rotatable bonds is 12. The van der Waals surface area contributed by atoms with Gasteiger partial charge in [0.25, 0.3) is 11.8 Å². The number of imide groups is 1. The van der Waals surface area contributed by atoms with Crippen LogP contribution >= 0.6 is 0 Å². The maximum atomic E-state index is 12.0. The number of carboxylic acid groups (broad SMARTS) is 1. The van der Waals surface area contributed by atoms with Crippen LogP contribution in [0.15, 0.2) is 30.4 Å². The molecule has 0 spiro atoms. The summed E-state index contributed by atoms with van der Waals surface area (Å²) in [6.07, 6.45) is -6.99. The van der Waals surface area contributed by atoms with Gasteiger partial charge in [0, 0.05) is 24.3 Å². The van der Waals surface area contributed by atoms with E-state index in [1.54, 1.807) is 18.2 Å². The minimum absolute atomic E-state index is 0.109. The summed E-state index contributed by atoms with van der Waals surface area (Å²) in [7, 11) is 0. The molecule has 208 valence electrons. The first-order chi connectivity index (χ1) is 18.0. The standard InChI is InChI=1S/C24H30N2O12/c1-12(27)36-11-14-5-4-13(3-2-8-25-16(28)10-26-17(29)6-7-18(26)30)9-15(14)37-24-21(33)19(31)20(32)22(38-24)23(34)35/h4-7,9,12,19-22,24,27,31-33H,2-3,8,10-11H2,1H3,(H,25,28)(H,34,35)/t12?,19-,20-,21+,22-,24?/m0/s1. The Kier molecular flexibility index (Phi) is 9.90. The van der Waals surface area contributed by atoms with Crippen molar-refractivity contribution in [1.82, 2.24) is 10.2 Å². The molecule has 3 rings (SSSR count). The molecule has 6 atom stereocenters. The molecule has 14 heteroatoms. The van der Waals surface area contributed by atoms with Gasteiger partial charge in [0.2, 0.25) is 12.2 Å². The predicted octanol–water partition coefficient (Wildman–Crippen LogP) is -2.21. The molecule has 38 heavy (non-hydrogen) atoms. The smallest absolute Gasteiger partial charge is 0.335 e. The number of carbonyl (C=O) groups excluding carboxylic acids is 3. The third-order valence-corrected chi connectivity index (χ3v) is 5.83. The van der Waals surface area contributed by atoms with Gasteiger partial charge in [-0.05, 0) is 31.4 Å². The number of aliphatic carboxylic acids is 1. The van der Waals surface area contributed by atoms with Crippen molar-refractivity contribution in [3.63, 3.8) is 0 Å². The van der Waals surface area contributed by atoms with Gasteiger partial charge in [-0.3, -0.25) is 19.3 Å². The highest BCUT2D eigenvalue weighted by atomic mass is 16.7. The lowest BCUT2D eigenvalue weighted by molar-refractivity contribution is -0.271. The maximum Gasteiger partial charge on any atom is 0.335 e. The Labute approximate surface area is 217 Å². The molecule has 1 fully saturated rings. The van der Waals surface area contributed by atoms with Crippen LogP contribution in [0.25, 0.3) is 0 Å². The van der Waals surface area contributed by atoms with E-state index >= 15 is 0 Å². The van der Waals surface area contributed by atoms with E-state index in [1.807, 2.05) is 0 Å². The normalized spacial score (nSPS) is 25.9. The van der Waals surface area contributed by atoms with Gasteiger partial charge in [0.15, 0.2) is 12.4 Å². The van der Waals surface area contributed by atoms with Crippen molar-refractivity contribution >= 4 is 23.7 Å². The second-order valence-corrected chi connectivity index (χ2v) is 8.75. The molecule has 2 unspecified atom stereocenters. The summed E-state index contributed by atoms with van der Waals surface area (Å²) >= 11 is 0. The highest BCUT2D eigenvalue weighted by molar-refractivity contribution is 6.14. The highest BCUT2D eigenvalue weighted by Gasteiger charge is 2.48. The molecule has 1 aromatic carbocycles. The zero-order valence-corrected chi connectivity index (χ0v) is 20.4. The van der Waals surface area contributed by atoms with Gasteiger partial charge in [-0.15, -0.1) is 0 Å². The molecule has 2 aliphatic heterocycles. The lowest BCUT2D eigenvalue weighted by Gasteiger charge is -2.38. The van der Waals surface area contributed by atoms with Crippen molar-refractivity contribution < 1.29 is 58.9 Å². The van der Waals surface area contributed by atoms with Crippen LogP contribution in [0.5, 0.6) is 5.75 Å². The van der Waals surface area contributed by atoms with Crippen LogP contribution in [0.3, 0.4) is 0 Å². The third kappa shape index (κ3) is 7.34. The Hall–Kier alpha value is -3.40. The van der Waals surface area contributed by atoms with Crippen LogP contribution in [-0.2, 0) is 41.7 Å². The number of ether oxygens (including phenoxy) is 3. The molecule has 1 saturated heterocycles. The summed E-state index contributed by atoms with van der Waals surface area (Å²) in [5.74, 6) is -3.05. The first-order valence-corrected chi connectivity index (χ1v) is 11.8. The van der Waals surface area contributed by atoms with E-state index < -0.39 is 60.7 Å². The first-order valence-electron chi connectivity index (χ1n) is 11.8. The molecule has 0 bridgehead atoms. The van der Waals surface area contributed by atoms with Crippen LogP contribution in [-0.4, -0.2) is 104 Å². The molecular weight excluding hydrogens is 508 g/mol. The van der Waals surface area contributed by atoms with E-state index in [4.69, 9.17) is 14.2 Å². The monoisotopic (exact) mass is 538 g/mol. The van der Waals surface area contributed by atoms with E-state index in [0.29, 0.717) is 24.0 Å². The number of aliphatic hydroxyl groups excluding tert-OH is 4. The largest absolute Gasteiger partial charge is 0.479 e. The first kappa shape index (κ1) is 29.2. The molecule has 0 aromatic heterocycles. The highest BCUT2D eigenvalue weighted by Crippen LogP contribution is 2.29. The van der Waals surface area contributed by atoms with Crippen molar-refractivity contribution in [1.29, 1.82) is 0 Å². The van der Waals surface area contributed by atoms with Gasteiger partial charge < -0.3 is 45.1 Å². The van der Waals surface area contributed by atoms with E-state index in [0.717, 1.165) is 17.1 Å². The molecule has 3 amide bonds. The Morgan fingerprint density at radius 3 is 2.42 bits per heavy atom. The van der Waals surface area contributed by atoms with E-state index in [2.05, 4.69) is 5.32 Å². The molecule has 14 nitrogen and oxygen atoms in total. The number of carboxylic acids is 1. The third-order valence-electron chi connectivity index (χ3n) is 5.83.